The van der Waals surface area contributed by atoms with Crippen molar-refractivity contribution in [2.24, 2.45) is 0 Å². The molecule has 0 bridgehead atoms. The average molecular weight is 294 g/mol. The fourth-order valence-corrected chi connectivity index (χ4v) is 1.73. The summed E-state index contributed by atoms with van der Waals surface area (Å²) in [4.78, 5) is 17.7. The van der Waals surface area contributed by atoms with Gasteiger partial charge in [0, 0.05) is 14.2 Å². The standard InChI is InChI=1S/C4H11O3P.C3H9O3PS/c1-4-7-8(3,5)6-2;1-5-7(2,4)6-3-8/h5H,3-4H2,1-2H3;4,8H,2-3H2,1H3. The van der Waals surface area contributed by atoms with Crippen LogP contribution in [0.2, 0.25) is 0 Å². The molecule has 0 aliphatic carbocycles. The first kappa shape index (κ1) is 19.1. The van der Waals surface area contributed by atoms with Crippen LogP contribution in [0.4, 0.5) is 0 Å². The van der Waals surface area contributed by atoms with Crippen molar-refractivity contribution >= 4 is 40.4 Å². The van der Waals surface area contributed by atoms with Crippen molar-refractivity contribution in [3.8, 4) is 0 Å². The Bertz CT molecular complexity index is 233. The van der Waals surface area contributed by atoms with Crippen LogP contribution < -0.4 is 0 Å². The maximum atomic E-state index is 8.88. The predicted molar refractivity (Wildman–Crippen MR) is 73.1 cm³/mol. The van der Waals surface area contributed by atoms with E-state index in [9.17, 15) is 0 Å². The van der Waals surface area contributed by atoms with E-state index in [-0.39, 0.29) is 5.94 Å². The molecule has 0 aromatic carbocycles. The van der Waals surface area contributed by atoms with Crippen molar-refractivity contribution in [1.29, 1.82) is 0 Å². The third kappa shape index (κ3) is 12.8. The number of thiol groups is 1. The van der Waals surface area contributed by atoms with E-state index in [1.165, 1.54) is 14.2 Å². The predicted octanol–water partition coefficient (Wildman–Crippen LogP) is 1.58. The molecule has 0 aliphatic heterocycles. The van der Waals surface area contributed by atoms with Crippen LogP contribution in [0, 0.1) is 0 Å². The zero-order valence-corrected chi connectivity index (χ0v) is 12.4. The second kappa shape index (κ2) is 9.71. The lowest BCUT2D eigenvalue weighted by Crippen LogP contribution is -1.89. The zero-order valence-electron chi connectivity index (χ0n) is 9.70. The number of hydrogen-bond donors (Lipinski definition) is 3. The lowest BCUT2D eigenvalue weighted by Gasteiger charge is -2.12. The van der Waals surface area contributed by atoms with Gasteiger partial charge in [-0.1, -0.05) is 0 Å². The van der Waals surface area contributed by atoms with Gasteiger partial charge in [0.05, 0.1) is 12.5 Å². The molecule has 0 amide bonds. The first-order valence-corrected chi connectivity index (χ1v) is 8.34. The van der Waals surface area contributed by atoms with E-state index in [0.717, 1.165) is 0 Å². The molecule has 0 aromatic rings. The summed E-state index contributed by atoms with van der Waals surface area (Å²) < 4.78 is 18.3. The van der Waals surface area contributed by atoms with Gasteiger partial charge in [-0.2, -0.15) is 12.6 Å². The second-order valence-electron chi connectivity index (χ2n) is 2.32. The van der Waals surface area contributed by atoms with E-state index >= 15 is 0 Å². The van der Waals surface area contributed by atoms with E-state index in [1.807, 2.05) is 0 Å². The van der Waals surface area contributed by atoms with E-state index in [0.29, 0.717) is 6.61 Å². The highest BCUT2D eigenvalue weighted by Gasteiger charge is 2.05. The Balaban J connectivity index is 0. The van der Waals surface area contributed by atoms with Crippen LogP contribution in [0.1, 0.15) is 6.92 Å². The Morgan fingerprint density at radius 2 is 1.44 bits per heavy atom. The molecule has 0 spiro atoms. The molecule has 0 rings (SSSR count). The summed E-state index contributed by atoms with van der Waals surface area (Å²) in [5.74, 6) is 0.127. The first-order chi connectivity index (χ1) is 7.24. The molecular formula is C7H20O6P2S. The summed E-state index contributed by atoms with van der Waals surface area (Å²) in [7, 11) is -2.71. The molecule has 9 heteroatoms. The second-order valence-corrected chi connectivity index (χ2v) is 6.37. The maximum Gasteiger partial charge on any atom is 0.248 e. The number of hydrogen-bond acceptors (Lipinski definition) is 7. The fourth-order valence-electron chi connectivity index (χ4n) is 0.397. The van der Waals surface area contributed by atoms with Crippen molar-refractivity contribution in [3.05, 3.63) is 0 Å². The van der Waals surface area contributed by atoms with Gasteiger partial charge in [0.1, 0.15) is 0 Å². The van der Waals surface area contributed by atoms with Crippen LogP contribution >= 0.6 is 27.8 Å². The van der Waals surface area contributed by atoms with E-state index in [1.54, 1.807) is 6.92 Å². The molecule has 6 nitrogen and oxygen atoms in total. The molecule has 0 heterocycles. The van der Waals surface area contributed by atoms with Crippen molar-refractivity contribution < 1.29 is 27.9 Å². The normalized spacial score (nSPS) is 17.9. The average Bonchev–Trinajstić information content (AvgIpc) is 2.19. The van der Waals surface area contributed by atoms with E-state index in [4.69, 9.17) is 14.3 Å². The largest absolute Gasteiger partial charge is 0.333 e. The van der Waals surface area contributed by atoms with Gasteiger partial charge in [-0.25, -0.2) is 0 Å². The Morgan fingerprint density at radius 3 is 1.56 bits per heavy atom. The van der Waals surface area contributed by atoms with Crippen molar-refractivity contribution in [3.63, 3.8) is 0 Å². The topological polar surface area (TPSA) is 77.4 Å². The molecule has 2 unspecified atom stereocenters. The molecule has 0 aromatic heterocycles. The van der Waals surface area contributed by atoms with Gasteiger partial charge >= 0.3 is 0 Å². The third-order valence-corrected chi connectivity index (χ3v) is 3.83. The fraction of sp³-hybridized carbons (Fsp3) is 0.714. The molecule has 2 N–H and O–H groups in total. The van der Waals surface area contributed by atoms with Crippen LogP contribution in [0.15, 0.2) is 0 Å². The highest BCUT2D eigenvalue weighted by molar-refractivity contribution is 7.80. The highest BCUT2D eigenvalue weighted by atomic mass is 32.1. The minimum atomic E-state index is -2.75. The van der Waals surface area contributed by atoms with Crippen LogP contribution in [0.25, 0.3) is 0 Å². The van der Waals surface area contributed by atoms with Crippen molar-refractivity contribution in [2.45, 2.75) is 6.92 Å². The molecule has 0 aliphatic rings. The maximum absolute atomic E-state index is 8.88. The minimum Gasteiger partial charge on any atom is -0.333 e. The Hall–Kier alpha value is 0.710. The summed E-state index contributed by atoms with van der Waals surface area (Å²) in [6.45, 7) is 2.21. The summed E-state index contributed by atoms with van der Waals surface area (Å²) in [6, 6.07) is 0. The van der Waals surface area contributed by atoms with Gasteiger partial charge in [-0.3, -0.25) is 0 Å². The Morgan fingerprint density at radius 1 is 1.06 bits per heavy atom. The van der Waals surface area contributed by atoms with Crippen LogP contribution in [-0.2, 0) is 18.1 Å². The van der Waals surface area contributed by atoms with Crippen molar-refractivity contribution in [1.82, 2.24) is 0 Å². The lowest BCUT2D eigenvalue weighted by atomic mass is 10.9. The third-order valence-electron chi connectivity index (χ3n) is 1.16. The molecule has 0 saturated heterocycles. The summed E-state index contributed by atoms with van der Waals surface area (Å²) >= 11 is 3.69. The van der Waals surface area contributed by atoms with E-state index in [2.05, 4.69) is 38.8 Å². The van der Waals surface area contributed by atoms with Gasteiger partial charge in [0.2, 0.25) is 15.1 Å². The minimum absolute atomic E-state index is 0.127. The molecule has 0 fully saturated rings. The molecule has 16 heavy (non-hydrogen) atoms. The smallest absolute Gasteiger partial charge is 0.248 e. The van der Waals surface area contributed by atoms with Gasteiger partial charge in [0.25, 0.3) is 0 Å². The quantitative estimate of drug-likeness (QED) is 0.392. The molecule has 0 radical (unpaired) electrons. The van der Waals surface area contributed by atoms with E-state index < -0.39 is 15.1 Å². The van der Waals surface area contributed by atoms with Gasteiger partial charge in [-0.05, 0) is 19.5 Å². The Kier molecular flexibility index (Phi) is 11.6. The number of rotatable bonds is 6. The monoisotopic (exact) mass is 294 g/mol. The van der Waals surface area contributed by atoms with Gasteiger partial charge in [0.15, 0.2) is 0 Å². The molecule has 100 valence electrons. The van der Waals surface area contributed by atoms with Crippen molar-refractivity contribution in [2.75, 3.05) is 26.8 Å². The first-order valence-electron chi connectivity index (χ1n) is 4.18. The van der Waals surface area contributed by atoms with Gasteiger partial charge < -0.3 is 27.9 Å². The van der Waals surface area contributed by atoms with Crippen LogP contribution in [-0.4, -0.2) is 49.2 Å². The molecular weight excluding hydrogens is 274 g/mol. The molecule has 2 atom stereocenters. The highest BCUT2D eigenvalue weighted by Crippen LogP contribution is 2.41. The SMILES string of the molecule is C=P(O)(OC)OCC.C=P(O)(OC)OCS. The van der Waals surface area contributed by atoms with Gasteiger partial charge in [-0.15, -0.1) is 0 Å². The van der Waals surface area contributed by atoms with Crippen LogP contribution in [0.3, 0.4) is 0 Å². The lowest BCUT2D eigenvalue weighted by molar-refractivity contribution is 0.234. The summed E-state index contributed by atoms with van der Waals surface area (Å²) in [6.07, 6.45) is 6.55. The summed E-state index contributed by atoms with van der Waals surface area (Å²) in [5, 5.41) is 0. The summed E-state index contributed by atoms with van der Waals surface area (Å²) in [5.41, 5.74) is 0. The Labute approximate surface area is 102 Å². The zero-order chi connectivity index (χ0) is 13.2. The van der Waals surface area contributed by atoms with Crippen LogP contribution in [0.5, 0.6) is 0 Å². The molecule has 0 saturated carbocycles.